The molecule has 21 heavy (non-hydrogen) atoms. The van der Waals surface area contributed by atoms with Crippen LogP contribution in [0.4, 0.5) is 5.69 Å². The molecule has 0 spiro atoms. The average Bonchev–Trinajstić information content (AvgIpc) is 2.97. The second kappa shape index (κ2) is 6.55. The summed E-state index contributed by atoms with van der Waals surface area (Å²) in [6, 6.07) is 3.64. The van der Waals surface area contributed by atoms with E-state index in [2.05, 4.69) is 16.2 Å². The molecule has 0 bridgehead atoms. The van der Waals surface area contributed by atoms with Gasteiger partial charge in [-0.1, -0.05) is 5.92 Å². The maximum absolute atomic E-state index is 11.0. The van der Waals surface area contributed by atoms with Crippen LogP contribution in [0.1, 0.15) is 6.92 Å². The normalized spacial score (nSPS) is 13.8. The highest BCUT2D eigenvalue weighted by Gasteiger charge is 2.12. The molecule has 2 aromatic heterocycles. The Labute approximate surface area is 122 Å². The summed E-state index contributed by atoms with van der Waals surface area (Å²) in [5, 5.41) is 13.2. The molecule has 1 unspecified atom stereocenters. The second-order valence-corrected chi connectivity index (χ2v) is 4.38. The van der Waals surface area contributed by atoms with Crippen molar-refractivity contribution in [2.45, 2.75) is 13.2 Å². The fourth-order valence-corrected chi connectivity index (χ4v) is 1.88. The SMILES string of the molecule is C#CC=CC(C=O)=C(C)C(O)Nc1cccn2ccnc12. The van der Waals surface area contributed by atoms with Gasteiger partial charge in [0.05, 0.1) is 5.69 Å². The molecule has 1 atom stereocenters. The summed E-state index contributed by atoms with van der Waals surface area (Å²) < 4.78 is 1.83. The molecule has 5 nitrogen and oxygen atoms in total. The van der Waals surface area contributed by atoms with Crippen LogP contribution in [-0.2, 0) is 4.79 Å². The molecule has 2 heterocycles. The Balaban J connectivity index is 2.28. The van der Waals surface area contributed by atoms with Gasteiger partial charge in [-0.05, 0) is 36.8 Å². The number of anilines is 1. The van der Waals surface area contributed by atoms with Crippen LogP contribution in [0.15, 0.2) is 54.0 Å². The van der Waals surface area contributed by atoms with Crippen LogP contribution >= 0.6 is 0 Å². The minimum absolute atomic E-state index is 0.336. The van der Waals surface area contributed by atoms with Crippen molar-refractivity contribution in [1.82, 2.24) is 9.38 Å². The van der Waals surface area contributed by atoms with Gasteiger partial charge in [-0.25, -0.2) is 4.98 Å². The van der Waals surface area contributed by atoms with E-state index >= 15 is 0 Å². The van der Waals surface area contributed by atoms with Crippen molar-refractivity contribution >= 4 is 17.6 Å². The molecule has 0 aromatic carbocycles. The van der Waals surface area contributed by atoms with E-state index < -0.39 is 6.23 Å². The molecule has 0 radical (unpaired) electrons. The van der Waals surface area contributed by atoms with Gasteiger partial charge in [-0.3, -0.25) is 4.79 Å². The minimum atomic E-state index is -1.02. The van der Waals surface area contributed by atoms with Crippen LogP contribution in [0.25, 0.3) is 5.65 Å². The number of fused-ring (bicyclic) bond motifs is 1. The molecule has 2 N–H and O–H groups in total. The van der Waals surface area contributed by atoms with Gasteiger partial charge in [0.1, 0.15) is 12.5 Å². The molecule has 0 aliphatic carbocycles. The van der Waals surface area contributed by atoms with E-state index in [1.807, 2.05) is 22.9 Å². The first-order chi connectivity index (χ1) is 10.2. The van der Waals surface area contributed by atoms with Crippen LogP contribution in [0.5, 0.6) is 0 Å². The number of rotatable bonds is 5. The number of nitrogens with one attached hydrogen (secondary N) is 1. The van der Waals surface area contributed by atoms with Crippen LogP contribution in [0, 0.1) is 12.3 Å². The lowest BCUT2D eigenvalue weighted by Crippen LogP contribution is -2.21. The maximum atomic E-state index is 11.0. The van der Waals surface area contributed by atoms with Gasteiger partial charge in [0.25, 0.3) is 0 Å². The monoisotopic (exact) mass is 281 g/mol. The number of pyridine rings is 1. The van der Waals surface area contributed by atoms with Gasteiger partial charge >= 0.3 is 0 Å². The Morgan fingerprint density at radius 3 is 3.10 bits per heavy atom. The summed E-state index contributed by atoms with van der Waals surface area (Å²) in [6.07, 6.45) is 13.0. The van der Waals surface area contributed by atoms with Gasteiger partial charge in [0, 0.05) is 24.2 Å². The van der Waals surface area contributed by atoms with E-state index in [0.29, 0.717) is 28.8 Å². The molecule has 0 fully saturated rings. The molecule has 2 rings (SSSR count). The fraction of sp³-hybridized carbons (Fsp3) is 0.125. The number of nitrogens with zero attached hydrogens (tertiary/aromatic N) is 2. The van der Waals surface area contributed by atoms with Crippen molar-refractivity contribution in [3.05, 3.63) is 54.0 Å². The Bertz CT molecular complexity index is 750. The van der Waals surface area contributed by atoms with Crippen LogP contribution in [0.3, 0.4) is 0 Å². The maximum Gasteiger partial charge on any atom is 0.160 e. The van der Waals surface area contributed by atoms with Crippen molar-refractivity contribution in [2.24, 2.45) is 0 Å². The number of aromatic nitrogens is 2. The van der Waals surface area contributed by atoms with Crippen molar-refractivity contribution in [3.8, 4) is 12.3 Å². The number of terminal acetylenes is 1. The number of hydrogen-bond acceptors (Lipinski definition) is 4. The molecule has 0 amide bonds. The van der Waals surface area contributed by atoms with E-state index in [9.17, 15) is 9.90 Å². The van der Waals surface area contributed by atoms with E-state index in [1.165, 1.54) is 12.2 Å². The lowest BCUT2D eigenvalue weighted by Gasteiger charge is -2.16. The number of carbonyl (C=O) groups excluding carboxylic acids is 1. The first-order valence-corrected chi connectivity index (χ1v) is 6.32. The highest BCUT2D eigenvalue weighted by molar-refractivity contribution is 5.79. The molecule has 2 aromatic rings. The third-order valence-electron chi connectivity index (χ3n) is 3.06. The van der Waals surface area contributed by atoms with E-state index in [4.69, 9.17) is 6.42 Å². The van der Waals surface area contributed by atoms with Crippen molar-refractivity contribution in [3.63, 3.8) is 0 Å². The van der Waals surface area contributed by atoms with Gasteiger partial charge in [-0.15, -0.1) is 6.42 Å². The second-order valence-electron chi connectivity index (χ2n) is 4.38. The largest absolute Gasteiger partial charge is 0.370 e. The number of carbonyl (C=O) groups is 1. The Hall–Kier alpha value is -2.84. The third-order valence-corrected chi connectivity index (χ3v) is 3.06. The Morgan fingerprint density at radius 1 is 1.57 bits per heavy atom. The first-order valence-electron chi connectivity index (χ1n) is 6.32. The molecular formula is C16H15N3O2. The molecule has 106 valence electrons. The average molecular weight is 281 g/mol. The summed E-state index contributed by atoms with van der Waals surface area (Å²) in [4.78, 5) is 15.3. The van der Waals surface area contributed by atoms with Crippen molar-refractivity contribution in [2.75, 3.05) is 5.32 Å². The molecule has 0 aliphatic heterocycles. The van der Waals surface area contributed by atoms with Crippen molar-refractivity contribution in [1.29, 1.82) is 0 Å². The zero-order chi connectivity index (χ0) is 15.2. The standard InChI is InChI=1S/C16H15N3O2/c1-3-4-6-13(11-20)12(2)16(21)18-14-7-5-9-19-10-8-17-15(14)19/h1,4-11,16,18,21H,2H3. The Kier molecular flexibility index (Phi) is 4.54. The third kappa shape index (κ3) is 3.19. The first kappa shape index (κ1) is 14.6. The summed E-state index contributed by atoms with van der Waals surface area (Å²) >= 11 is 0. The van der Waals surface area contributed by atoms with Crippen LogP contribution < -0.4 is 5.32 Å². The number of aliphatic hydroxyl groups excluding tert-OH is 1. The summed E-state index contributed by atoms with van der Waals surface area (Å²) in [5.74, 6) is 2.31. The van der Waals surface area contributed by atoms with E-state index in [1.54, 1.807) is 19.2 Å². The zero-order valence-corrected chi connectivity index (χ0v) is 11.5. The van der Waals surface area contributed by atoms with Gasteiger partial charge in [-0.2, -0.15) is 0 Å². The zero-order valence-electron chi connectivity index (χ0n) is 11.5. The number of aliphatic hydroxyl groups is 1. The van der Waals surface area contributed by atoms with Gasteiger partial charge < -0.3 is 14.8 Å². The lowest BCUT2D eigenvalue weighted by atomic mass is 10.1. The highest BCUT2D eigenvalue weighted by atomic mass is 16.3. The van der Waals surface area contributed by atoms with E-state index in [0.717, 1.165) is 0 Å². The number of imidazole rings is 1. The van der Waals surface area contributed by atoms with Gasteiger partial charge in [0.15, 0.2) is 5.65 Å². The molecule has 0 saturated carbocycles. The summed E-state index contributed by atoms with van der Waals surface area (Å²) in [6.45, 7) is 1.66. The van der Waals surface area contributed by atoms with Crippen LogP contribution in [0.2, 0.25) is 0 Å². The minimum Gasteiger partial charge on any atom is -0.370 e. The highest BCUT2D eigenvalue weighted by Crippen LogP contribution is 2.18. The molecule has 5 heteroatoms. The number of hydrogen-bond donors (Lipinski definition) is 2. The predicted octanol–water partition coefficient (Wildman–Crippen LogP) is 1.77. The molecular weight excluding hydrogens is 266 g/mol. The lowest BCUT2D eigenvalue weighted by molar-refractivity contribution is -0.104. The number of aldehydes is 1. The Morgan fingerprint density at radius 2 is 2.38 bits per heavy atom. The number of allylic oxidation sites excluding steroid dienone is 3. The fourth-order valence-electron chi connectivity index (χ4n) is 1.88. The molecule has 0 saturated heterocycles. The van der Waals surface area contributed by atoms with Gasteiger partial charge in [0.2, 0.25) is 0 Å². The summed E-state index contributed by atoms with van der Waals surface area (Å²) in [5.41, 5.74) is 2.17. The van der Waals surface area contributed by atoms with Crippen LogP contribution in [-0.4, -0.2) is 27.0 Å². The topological polar surface area (TPSA) is 66.6 Å². The smallest absolute Gasteiger partial charge is 0.160 e. The van der Waals surface area contributed by atoms with Crippen molar-refractivity contribution < 1.29 is 9.90 Å². The van der Waals surface area contributed by atoms with E-state index in [-0.39, 0.29) is 0 Å². The summed E-state index contributed by atoms with van der Waals surface area (Å²) in [7, 11) is 0. The predicted molar refractivity (Wildman–Crippen MR) is 81.6 cm³/mol. The quantitative estimate of drug-likeness (QED) is 0.288. The molecule has 0 aliphatic rings.